The number of aromatic nitrogens is 3. The van der Waals surface area contributed by atoms with Crippen LogP contribution in [0.4, 0.5) is 0 Å². The molecule has 152 valence electrons. The highest BCUT2D eigenvalue weighted by Gasteiger charge is 2.15. The van der Waals surface area contributed by atoms with E-state index in [2.05, 4.69) is 20.4 Å². The van der Waals surface area contributed by atoms with Gasteiger partial charge in [0.05, 0.1) is 11.6 Å². The number of hydrogen-bond acceptors (Lipinski definition) is 5. The number of fused-ring (bicyclic) bond motifs is 1. The van der Waals surface area contributed by atoms with Crippen LogP contribution in [0.2, 0.25) is 0 Å². The van der Waals surface area contributed by atoms with Gasteiger partial charge >= 0.3 is 0 Å². The summed E-state index contributed by atoms with van der Waals surface area (Å²) in [5.74, 6) is 0.425. The lowest BCUT2D eigenvalue weighted by Crippen LogP contribution is -2.26. The lowest BCUT2D eigenvalue weighted by molar-refractivity contribution is -0.121. The molecule has 7 nitrogen and oxygen atoms in total. The zero-order valence-corrected chi connectivity index (χ0v) is 16.8. The number of H-pyrrole nitrogens is 1. The Morgan fingerprint density at radius 3 is 2.77 bits per heavy atom. The van der Waals surface area contributed by atoms with Gasteiger partial charge in [0, 0.05) is 18.4 Å². The Bertz CT molecular complexity index is 1240. The molecular formula is C23H22N4O3. The third-order valence-electron chi connectivity index (χ3n) is 4.95. The van der Waals surface area contributed by atoms with Crippen LogP contribution >= 0.6 is 0 Å². The maximum Gasteiger partial charge on any atom is 0.259 e. The van der Waals surface area contributed by atoms with Gasteiger partial charge in [0.15, 0.2) is 0 Å². The van der Waals surface area contributed by atoms with Crippen molar-refractivity contribution in [1.82, 2.24) is 20.4 Å². The summed E-state index contributed by atoms with van der Waals surface area (Å²) < 4.78 is 5.26. The molecule has 1 unspecified atom stereocenters. The first-order chi connectivity index (χ1) is 14.5. The molecule has 4 rings (SSSR count). The van der Waals surface area contributed by atoms with Crippen LogP contribution in [0.15, 0.2) is 63.9 Å². The number of pyridine rings is 1. The van der Waals surface area contributed by atoms with Gasteiger partial charge in [-0.3, -0.25) is 9.59 Å². The van der Waals surface area contributed by atoms with Gasteiger partial charge in [-0.25, -0.2) is 0 Å². The molecule has 0 spiro atoms. The summed E-state index contributed by atoms with van der Waals surface area (Å²) in [6.45, 7) is 3.92. The van der Waals surface area contributed by atoms with Crippen molar-refractivity contribution >= 4 is 16.8 Å². The maximum atomic E-state index is 12.4. The lowest BCUT2D eigenvalue weighted by Gasteiger charge is -2.13. The van der Waals surface area contributed by atoms with Crippen LogP contribution in [0.1, 0.15) is 36.4 Å². The number of nitrogens with one attached hydrogen (secondary N) is 2. The van der Waals surface area contributed by atoms with E-state index in [0.29, 0.717) is 17.9 Å². The molecule has 4 aromatic rings. The highest BCUT2D eigenvalue weighted by Crippen LogP contribution is 2.19. The summed E-state index contributed by atoms with van der Waals surface area (Å²) in [6, 6.07) is 17.2. The van der Waals surface area contributed by atoms with Gasteiger partial charge in [0.1, 0.15) is 0 Å². The van der Waals surface area contributed by atoms with Gasteiger partial charge in [0.25, 0.3) is 5.56 Å². The van der Waals surface area contributed by atoms with Crippen LogP contribution in [0, 0.1) is 6.92 Å². The molecule has 0 bridgehead atoms. The van der Waals surface area contributed by atoms with Crippen molar-refractivity contribution in [3.63, 3.8) is 0 Å². The molecule has 0 radical (unpaired) electrons. The average Bonchev–Trinajstić information content (AvgIpc) is 3.21. The van der Waals surface area contributed by atoms with E-state index < -0.39 is 0 Å². The van der Waals surface area contributed by atoms with Crippen LogP contribution in [0.3, 0.4) is 0 Å². The van der Waals surface area contributed by atoms with E-state index in [1.165, 1.54) is 0 Å². The van der Waals surface area contributed by atoms with Crippen LogP contribution in [0.25, 0.3) is 22.3 Å². The Kier molecular flexibility index (Phi) is 5.43. The van der Waals surface area contributed by atoms with E-state index in [-0.39, 0.29) is 29.8 Å². The van der Waals surface area contributed by atoms with E-state index in [9.17, 15) is 9.59 Å². The van der Waals surface area contributed by atoms with Gasteiger partial charge in [-0.2, -0.15) is 4.98 Å². The number of aromatic amines is 1. The summed E-state index contributed by atoms with van der Waals surface area (Å²) in [6.07, 6.45) is 0.511. The summed E-state index contributed by atoms with van der Waals surface area (Å²) in [5, 5.41) is 7.77. The fourth-order valence-corrected chi connectivity index (χ4v) is 3.32. The van der Waals surface area contributed by atoms with E-state index in [1.54, 1.807) is 6.07 Å². The standard InChI is InChI=1S/C23H22N4O3/c1-14-8-9-19-17(12-14)13-18(23(29)25-19)22-26-21(30-27-22)11-10-20(28)24-15(2)16-6-4-3-5-7-16/h3-9,12-13,15H,10-11H2,1-2H3,(H,24,28)(H,25,29). The average molecular weight is 402 g/mol. The van der Waals surface area contributed by atoms with Crippen LogP contribution in [-0.2, 0) is 11.2 Å². The predicted molar refractivity (Wildman–Crippen MR) is 114 cm³/mol. The molecule has 2 aromatic heterocycles. The maximum absolute atomic E-state index is 12.4. The van der Waals surface area contributed by atoms with Crippen molar-refractivity contribution in [3.05, 3.63) is 82.0 Å². The van der Waals surface area contributed by atoms with Crippen LogP contribution in [-0.4, -0.2) is 21.0 Å². The molecule has 2 N–H and O–H groups in total. The first-order valence-corrected chi connectivity index (χ1v) is 9.80. The minimum Gasteiger partial charge on any atom is -0.350 e. The molecule has 0 aliphatic rings. The SMILES string of the molecule is Cc1ccc2[nH]c(=O)c(-c3noc(CCC(=O)NC(C)c4ccccc4)n3)cc2c1. The molecular weight excluding hydrogens is 380 g/mol. The summed E-state index contributed by atoms with van der Waals surface area (Å²) in [5.41, 5.74) is 2.93. The molecule has 1 atom stereocenters. The fourth-order valence-electron chi connectivity index (χ4n) is 3.32. The normalized spacial score (nSPS) is 12.1. The smallest absolute Gasteiger partial charge is 0.259 e. The van der Waals surface area contributed by atoms with Crippen molar-refractivity contribution in [2.45, 2.75) is 32.7 Å². The van der Waals surface area contributed by atoms with E-state index in [4.69, 9.17) is 4.52 Å². The zero-order chi connectivity index (χ0) is 21.1. The second-order valence-electron chi connectivity index (χ2n) is 7.31. The van der Waals surface area contributed by atoms with Gasteiger partial charge in [-0.15, -0.1) is 0 Å². The van der Waals surface area contributed by atoms with Crippen LogP contribution < -0.4 is 10.9 Å². The van der Waals surface area contributed by atoms with E-state index >= 15 is 0 Å². The zero-order valence-electron chi connectivity index (χ0n) is 16.8. The van der Waals surface area contributed by atoms with Gasteiger partial charge in [-0.05, 0) is 43.0 Å². The van der Waals surface area contributed by atoms with Gasteiger partial charge in [-0.1, -0.05) is 47.1 Å². The van der Waals surface area contributed by atoms with Gasteiger partial charge in [0.2, 0.25) is 17.6 Å². The molecule has 2 aromatic carbocycles. The Balaban J connectivity index is 1.43. The number of amides is 1. The summed E-state index contributed by atoms with van der Waals surface area (Å²) >= 11 is 0. The number of rotatable bonds is 6. The molecule has 2 heterocycles. The minimum atomic E-state index is -0.284. The van der Waals surface area contributed by atoms with Crippen molar-refractivity contribution in [2.75, 3.05) is 0 Å². The number of aryl methyl sites for hydroxylation is 2. The van der Waals surface area contributed by atoms with E-state index in [0.717, 1.165) is 22.0 Å². The topological polar surface area (TPSA) is 101 Å². The second kappa shape index (κ2) is 8.32. The quantitative estimate of drug-likeness (QED) is 0.512. The fraction of sp³-hybridized carbons (Fsp3) is 0.217. The number of carbonyl (C=O) groups excluding carboxylic acids is 1. The van der Waals surface area contributed by atoms with Crippen molar-refractivity contribution in [3.8, 4) is 11.4 Å². The minimum absolute atomic E-state index is 0.0865. The Labute approximate surface area is 173 Å². The predicted octanol–water partition coefficient (Wildman–Crippen LogP) is 3.70. The molecule has 0 fully saturated rings. The summed E-state index contributed by atoms with van der Waals surface area (Å²) in [7, 11) is 0. The number of benzene rings is 2. The molecule has 7 heteroatoms. The van der Waals surface area contributed by atoms with E-state index in [1.807, 2.05) is 62.4 Å². The number of nitrogens with zero attached hydrogens (tertiary/aromatic N) is 2. The third-order valence-corrected chi connectivity index (χ3v) is 4.95. The molecule has 1 amide bonds. The molecule has 0 aliphatic carbocycles. The number of carbonyl (C=O) groups is 1. The first-order valence-electron chi connectivity index (χ1n) is 9.80. The Morgan fingerprint density at radius 2 is 1.97 bits per heavy atom. The number of hydrogen-bond donors (Lipinski definition) is 2. The highest BCUT2D eigenvalue weighted by molar-refractivity contribution is 5.83. The van der Waals surface area contributed by atoms with Crippen molar-refractivity contribution < 1.29 is 9.32 Å². The lowest BCUT2D eigenvalue weighted by atomic mass is 10.1. The molecule has 30 heavy (non-hydrogen) atoms. The molecule has 0 saturated carbocycles. The summed E-state index contributed by atoms with van der Waals surface area (Å²) in [4.78, 5) is 31.8. The highest BCUT2D eigenvalue weighted by atomic mass is 16.5. The molecule has 0 aliphatic heterocycles. The van der Waals surface area contributed by atoms with Gasteiger partial charge < -0.3 is 14.8 Å². The first kappa shape index (κ1) is 19.6. The Hall–Kier alpha value is -3.74. The second-order valence-corrected chi connectivity index (χ2v) is 7.31. The van der Waals surface area contributed by atoms with Crippen molar-refractivity contribution in [2.24, 2.45) is 0 Å². The molecule has 0 saturated heterocycles. The third kappa shape index (κ3) is 4.30. The largest absolute Gasteiger partial charge is 0.350 e. The van der Waals surface area contributed by atoms with Crippen molar-refractivity contribution in [1.29, 1.82) is 0 Å². The monoisotopic (exact) mass is 402 g/mol. The Morgan fingerprint density at radius 1 is 1.17 bits per heavy atom. The van der Waals surface area contributed by atoms with Crippen LogP contribution in [0.5, 0.6) is 0 Å².